The van der Waals surface area contributed by atoms with Gasteiger partial charge in [-0.15, -0.1) is 0 Å². The third kappa shape index (κ3) is 3.42. The van der Waals surface area contributed by atoms with Crippen molar-refractivity contribution in [3.8, 4) is 0 Å². The first-order chi connectivity index (χ1) is 8.72. The summed E-state index contributed by atoms with van der Waals surface area (Å²) in [6.45, 7) is 0. The summed E-state index contributed by atoms with van der Waals surface area (Å²) in [6.07, 6.45) is 1.42. The van der Waals surface area contributed by atoms with Crippen LogP contribution in [0.25, 0.3) is 0 Å². The van der Waals surface area contributed by atoms with Crippen LogP contribution in [0, 0.1) is 0 Å². The van der Waals surface area contributed by atoms with E-state index in [1.54, 1.807) is 7.11 Å². The lowest BCUT2D eigenvalue weighted by atomic mass is 9.96. The largest absolute Gasteiger partial charge is 0.363 e. The van der Waals surface area contributed by atoms with Crippen LogP contribution in [0.4, 0.5) is 0 Å². The summed E-state index contributed by atoms with van der Waals surface area (Å²) < 4.78 is 5.52. The van der Waals surface area contributed by atoms with Crippen molar-refractivity contribution in [2.75, 3.05) is 7.11 Å². The molecule has 94 valence electrons. The quantitative estimate of drug-likeness (QED) is 0.817. The van der Waals surface area contributed by atoms with Crippen LogP contribution in [0.2, 0.25) is 0 Å². The molecule has 0 aliphatic heterocycles. The highest BCUT2D eigenvalue weighted by Gasteiger charge is 2.25. The second-order valence-electron chi connectivity index (χ2n) is 4.59. The first-order valence-electron chi connectivity index (χ1n) is 6.14. The van der Waals surface area contributed by atoms with Gasteiger partial charge in [-0.05, 0) is 11.1 Å². The van der Waals surface area contributed by atoms with Gasteiger partial charge in [0.15, 0.2) is 0 Å². The number of hydrogen-bond acceptors (Lipinski definition) is 2. The molecule has 0 amide bonds. The standard InChI is InChI=1S/C16H19NO/c1-18-16(17,12-14-8-4-2-5-9-14)13-15-10-6-3-7-11-15/h2-11H,12-13,17H2,1H3. The van der Waals surface area contributed by atoms with Crippen LogP contribution in [0.5, 0.6) is 0 Å². The Morgan fingerprint density at radius 2 is 1.22 bits per heavy atom. The van der Waals surface area contributed by atoms with Gasteiger partial charge in [0, 0.05) is 20.0 Å². The maximum atomic E-state index is 6.34. The molecule has 0 spiro atoms. The molecule has 0 aromatic heterocycles. The molecule has 2 aromatic carbocycles. The Kier molecular flexibility index (Phi) is 4.13. The molecule has 0 bridgehead atoms. The second kappa shape index (κ2) is 5.80. The van der Waals surface area contributed by atoms with Crippen molar-refractivity contribution < 1.29 is 4.74 Å². The number of nitrogens with two attached hydrogens (primary N) is 1. The monoisotopic (exact) mass is 241 g/mol. The number of benzene rings is 2. The van der Waals surface area contributed by atoms with Gasteiger partial charge in [-0.1, -0.05) is 60.7 Å². The van der Waals surface area contributed by atoms with E-state index in [1.807, 2.05) is 36.4 Å². The average Bonchev–Trinajstić information content (AvgIpc) is 2.41. The summed E-state index contributed by atoms with van der Waals surface area (Å²) >= 11 is 0. The SMILES string of the molecule is COC(N)(Cc1ccccc1)Cc1ccccc1. The van der Waals surface area contributed by atoms with E-state index in [1.165, 1.54) is 11.1 Å². The van der Waals surface area contributed by atoms with Crippen molar-refractivity contribution in [1.82, 2.24) is 0 Å². The molecule has 0 aliphatic rings. The van der Waals surface area contributed by atoms with Crippen LogP contribution in [-0.2, 0) is 17.6 Å². The van der Waals surface area contributed by atoms with Gasteiger partial charge in [0.25, 0.3) is 0 Å². The van der Waals surface area contributed by atoms with Gasteiger partial charge in [-0.3, -0.25) is 0 Å². The summed E-state index contributed by atoms with van der Waals surface area (Å²) in [6, 6.07) is 20.4. The van der Waals surface area contributed by atoms with Crippen molar-refractivity contribution in [3.05, 3.63) is 71.8 Å². The van der Waals surface area contributed by atoms with E-state index in [0.717, 1.165) is 0 Å². The maximum Gasteiger partial charge on any atom is 0.124 e. The van der Waals surface area contributed by atoms with Crippen LogP contribution in [0.3, 0.4) is 0 Å². The normalized spacial score (nSPS) is 11.4. The van der Waals surface area contributed by atoms with E-state index < -0.39 is 5.72 Å². The molecular weight excluding hydrogens is 222 g/mol. The fourth-order valence-electron chi connectivity index (χ4n) is 2.09. The van der Waals surface area contributed by atoms with E-state index in [2.05, 4.69) is 24.3 Å². The lowest BCUT2D eigenvalue weighted by molar-refractivity contribution is -0.00431. The maximum absolute atomic E-state index is 6.34. The Bertz CT molecular complexity index is 425. The van der Waals surface area contributed by atoms with Crippen molar-refractivity contribution >= 4 is 0 Å². The molecule has 0 radical (unpaired) electrons. The number of ether oxygens (including phenoxy) is 1. The molecule has 0 unspecified atom stereocenters. The van der Waals surface area contributed by atoms with Gasteiger partial charge in [0.2, 0.25) is 0 Å². The molecule has 18 heavy (non-hydrogen) atoms. The summed E-state index contributed by atoms with van der Waals surface area (Å²) in [7, 11) is 1.67. The van der Waals surface area contributed by atoms with Crippen LogP contribution in [0.15, 0.2) is 60.7 Å². The van der Waals surface area contributed by atoms with Gasteiger partial charge >= 0.3 is 0 Å². The highest BCUT2D eigenvalue weighted by atomic mass is 16.5. The molecule has 0 aliphatic carbocycles. The van der Waals surface area contributed by atoms with Crippen molar-refractivity contribution in [2.45, 2.75) is 18.6 Å². The average molecular weight is 241 g/mol. The molecule has 2 aromatic rings. The summed E-state index contributed by atoms with van der Waals surface area (Å²) in [4.78, 5) is 0. The van der Waals surface area contributed by atoms with Crippen LogP contribution in [-0.4, -0.2) is 12.8 Å². The Labute approximate surface area is 108 Å². The fraction of sp³-hybridized carbons (Fsp3) is 0.250. The van der Waals surface area contributed by atoms with Crippen LogP contribution >= 0.6 is 0 Å². The topological polar surface area (TPSA) is 35.2 Å². The minimum absolute atomic E-state index is 0.650. The summed E-state index contributed by atoms with van der Waals surface area (Å²) in [5, 5.41) is 0. The van der Waals surface area contributed by atoms with Crippen LogP contribution < -0.4 is 5.73 Å². The van der Waals surface area contributed by atoms with Crippen molar-refractivity contribution in [3.63, 3.8) is 0 Å². The predicted octanol–water partition coefficient (Wildman–Crippen LogP) is 2.77. The van der Waals surface area contributed by atoms with Crippen LogP contribution in [0.1, 0.15) is 11.1 Å². The zero-order valence-electron chi connectivity index (χ0n) is 10.7. The molecule has 2 N–H and O–H groups in total. The molecule has 0 saturated heterocycles. The van der Waals surface area contributed by atoms with E-state index in [9.17, 15) is 0 Å². The highest BCUT2D eigenvalue weighted by molar-refractivity contribution is 5.21. The first-order valence-corrected chi connectivity index (χ1v) is 6.14. The second-order valence-corrected chi connectivity index (χ2v) is 4.59. The lowest BCUT2D eigenvalue weighted by Crippen LogP contribution is -2.46. The van der Waals surface area contributed by atoms with E-state index in [0.29, 0.717) is 12.8 Å². The first kappa shape index (κ1) is 12.8. The zero-order chi connectivity index (χ0) is 12.8. The van der Waals surface area contributed by atoms with Gasteiger partial charge < -0.3 is 10.5 Å². The molecule has 2 rings (SSSR count). The molecule has 2 heteroatoms. The Hall–Kier alpha value is -1.64. The van der Waals surface area contributed by atoms with E-state index >= 15 is 0 Å². The molecule has 0 fully saturated rings. The fourth-order valence-corrected chi connectivity index (χ4v) is 2.09. The summed E-state index contributed by atoms with van der Waals surface area (Å²) in [5.74, 6) is 0. The van der Waals surface area contributed by atoms with E-state index in [4.69, 9.17) is 10.5 Å². The third-order valence-corrected chi connectivity index (χ3v) is 3.10. The Morgan fingerprint density at radius 1 is 0.833 bits per heavy atom. The Balaban J connectivity index is 2.11. The van der Waals surface area contributed by atoms with Crippen molar-refractivity contribution in [1.29, 1.82) is 0 Å². The van der Waals surface area contributed by atoms with Gasteiger partial charge in [-0.2, -0.15) is 0 Å². The number of methoxy groups -OCH3 is 1. The van der Waals surface area contributed by atoms with E-state index in [-0.39, 0.29) is 0 Å². The number of rotatable bonds is 5. The predicted molar refractivity (Wildman–Crippen MR) is 74.2 cm³/mol. The molecule has 0 atom stereocenters. The Morgan fingerprint density at radius 3 is 1.56 bits per heavy atom. The lowest BCUT2D eigenvalue weighted by Gasteiger charge is -2.28. The highest BCUT2D eigenvalue weighted by Crippen LogP contribution is 2.17. The molecule has 0 heterocycles. The zero-order valence-corrected chi connectivity index (χ0v) is 10.7. The summed E-state index contributed by atoms with van der Waals surface area (Å²) in [5.41, 5.74) is 8.07. The molecule has 2 nitrogen and oxygen atoms in total. The van der Waals surface area contributed by atoms with Gasteiger partial charge in [0.05, 0.1) is 0 Å². The van der Waals surface area contributed by atoms with Crippen molar-refractivity contribution in [2.24, 2.45) is 5.73 Å². The van der Waals surface area contributed by atoms with Gasteiger partial charge in [0.1, 0.15) is 5.72 Å². The molecule has 0 saturated carbocycles. The smallest absolute Gasteiger partial charge is 0.124 e. The number of hydrogen-bond donors (Lipinski definition) is 1. The third-order valence-electron chi connectivity index (χ3n) is 3.10. The minimum Gasteiger partial charge on any atom is -0.363 e. The molecular formula is C16H19NO. The minimum atomic E-state index is -0.650. The van der Waals surface area contributed by atoms with Gasteiger partial charge in [-0.25, -0.2) is 0 Å².